The number of aromatic nitrogens is 1. The molecular formula is C18H19ClF3N3O. The fraction of sp³-hybridized carbons (Fsp3) is 0.333. The van der Waals surface area contributed by atoms with Crippen LogP contribution in [0.3, 0.4) is 0 Å². The average molecular weight is 386 g/mol. The number of hydrogen-bond donors (Lipinski definition) is 1. The van der Waals surface area contributed by atoms with E-state index in [1.807, 2.05) is 24.1 Å². The number of alkyl halides is 3. The Kier molecular flexibility index (Phi) is 6.99. The number of benzene rings is 1. The van der Waals surface area contributed by atoms with E-state index in [1.54, 1.807) is 12.4 Å². The molecule has 26 heavy (non-hydrogen) atoms. The third-order valence-corrected chi connectivity index (χ3v) is 4.14. The minimum Gasteiger partial charge on any atom is -0.326 e. The Morgan fingerprint density at radius 3 is 2.54 bits per heavy atom. The molecule has 0 aliphatic heterocycles. The van der Waals surface area contributed by atoms with Gasteiger partial charge in [0.2, 0.25) is 5.91 Å². The number of halogens is 4. The molecule has 0 radical (unpaired) electrons. The highest BCUT2D eigenvalue weighted by atomic mass is 35.5. The second-order valence-electron chi connectivity index (χ2n) is 5.90. The van der Waals surface area contributed by atoms with Gasteiger partial charge in [-0.1, -0.05) is 11.6 Å². The van der Waals surface area contributed by atoms with Gasteiger partial charge in [-0.25, -0.2) is 0 Å². The molecule has 0 atom stereocenters. The summed E-state index contributed by atoms with van der Waals surface area (Å²) in [4.78, 5) is 17.9. The number of nitrogens with one attached hydrogen (secondary N) is 1. The van der Waals surface area contributed by atoms with Gasteiger partial charge < -0.3 is 10.2 Å². The van der Waals surface area contributed by atoms with Crippen molar-refractivity contribution in [1.29, 1.82) is 0 Å². The van der Waals surface area contributed by atoms with Gasteiger partial charge in [-0.05, 0) is 49.4 Å². The molecule has 0 saturated heterocycles. The van der Waals surface area contributed by atoms with Crippen LogP contribution in [0.5, 0.6) is 0 Å². The molecule has 1 heterocycles. The normalized spacial score (nSPS) is 11.6. The highest BCUT2D eigenvalue weighted by molar-refractivity contribution is 6.31. The Morgan fingerprint density at radius 2 is 1.88 bits per heavy atom. The Bertz CT molecular complexity index is 738. The van der Waals surface area contributed by atoms with E-state index in [1.165, 1.54) is 6.07 Å². The summed E-state index contributed by atoms with van der Waals surface area (Å²) in [6.45, 7) is 1.26. The van der Waals surface area contributed by atoms with Gasteiger partial charge in [0.25, 0.3) is 0 Å². The van der Waals surface area contributed by atoms with E-state index >= 15 is 0 Å². The first-order chi connectivity index (χ1) is 12.3. The largest absolute Gasteiger partial charge is 0.417 e. The number of likely N-dealkylation sites (N-methyl/N-ethyl adjacent to an activating group) is 1. The summed E-state index contributed by atoms with van der Waals surface area (Å²) >= 11 is 5.56. The standard InChI is InChI=1S/C18H19ClF3N3O/c1-25(10-6-13-4-8-23-9-5-13)11-7-17(26)24-14-2-3-16(19)15(12-14)18(20,21)22/h2-5,8-9,12H,6-7,10-11H2,1H3,(H,24,26). The molecule has 4 nitrogen and oxygen atoms in total. The summed E-state index contributed by atoms with van der Waals surface area (Å²) in [5.74, 6) is -0.351. The van der Waals surface area contributed by atoms with Gasteiger partial charge in [-0.15, -0.1) is 0 Å². The van der Waals surface area contributed by atoms with Crippen molar-refractivity contribution >= 4 is 23.2 Å². The quantitative estimate of drug-likeness (QED) is 0.774. The lowest BCUT2D eigenvalue weighted by molar-refractivity contribution is -0.137. The molecule has 1 amide bonds. The Labute approximate surface area is 155 Å². The van der Waals surface area contributed by atoms with E-state index in [-0.39, 0.29) is 18.0 Å². The topological polar surface area (TPSA) is 45.2 Å². The van der Waals surface area contributed by atoms with Crippen LogP contribution in [0.4, 0.5) is 18.9 Å². The Balaban J connectivity index is 1.81. The van der Waals surface area contributed by atoms with Crippen molar-refractivity contribution in [3.8, 4) is 0 Å². The maximum absolute atomic E-state index is 12.8. The molecule has 0 fully saturated rings. The molecule has 140 valence electrons. The predicted octanol–water partition coefficient (Wildman–Crippen LogP) is 4.26. The van der Waals surface area contributed by atoms with E-state index in [9.17, 15) is 18.0 Å². The van der Waals surface area contributed by atoms with Gasteiger partial charge in [0.15, 0.2) is 0 Å². The highest BCUT2D eigenvalue weighted by Gasteiger charge is 2.33. The number of hydrogen-bond acceptors (Lipinski definition) is 3. The molecule has 0 bridgehead atoms. The Morgan fingerprint density at radius 1 is 1.19 bits per heavy atom. The smallest absolute Gasteiger partial charge is 0.326 e. The van der Waals surface area contributed by atoms with Crippen molar-refractivity contribution in [2.24, 2.45) is 0 Å². The van der Waals surface area contributed by atoms with Crippen LogP contribution >= 0.6 is 11.6 Å². The van der Waals surface area contributed by atoms with Crippen molar-refractivity contribution in [1.82, 2.24) is 9.88 Å². The third-order valence-electron chi connectivity index (χ3n) is 3.81. The Hall–Kier alpha value is -2.12. The van der Waals surface area contributed by atoms with Crippen LogP contribution in [0.1, 0.15) is 17.5 Å². The first kappa shape index (κ1) is 20.2. The number of amides is 1. The van der Waals surface area contributed by atoms with Gasteiger partial charge in [0.1, 0.15) is 0 Å². The highest BCUT2D eigenvalue weighted by Crippen LogP contribution is 2.36. The summed E-state index contributed by atoms with van der Waals surface area (Å²) in [5.41, 5.74) is 0.259. The summed E-state index contributed by atoms with van der Waals surface area (Å²) in [6, 6.07) is 7.18. The zero-order chi connectivity index (χ0) is 19.2. The molecule has 0 aliphatic carbocycles. The molecule has 0 aliphatic rings. The second kappa shape index (κ2) is 9.00. The summed E-state index contributed by atoms with van der Waals surface area (Å²) in [7, 11) is 1.89. The zero-order valence-corrected chi connectivity index (χ0v) is 14.9. The molecular weight excluding hydrogens is 367 g/mol. The van der Waals surface area contributed by atoms with E-state index in [2.05, 4.69) is 10.3 Å². The maximum atomic E-state index is 12.8. The van der Waals surface area contributed by atoms with E-state index < -0.39 is 16.8 Å². The molecule has 1 aromatic heterocycles. The van der Waals surface area contributed by atoms with E-state index in [0.29, 0.717) is 6.54 Å². The van der Waals surface area contributed by atoms with Crippen LogP contribution in [0.2, 0.25) is 5.02 Å². The van der Waals surface area contributed by atoms with Crippen molar-refractivity contribution in [2.45, 2.75) is 19.0 Å². The fourth-order valence-corrected chi connectivity index (χ4v) is 2.54. The summed E-state index contributed by atoms with van der Waals surface area (Å²) in [5, 5.41) is 2.08. The van der Waals surface area contributed by atoms with Crippen molar-refractivity contribution in [2.75, 3.05) is 25.5 Å². The van der Waals surface area contributed by atoms with Gasteiger partial charge in [0, 0.05) is 37.6 Å². The summed E-state index contributed by atoms with van der Waals surface area (Å²) in [6.07, 6.45) is -0.108. The van der Waals surface area contributed by atoms with E-state index in [0.717, 1.165) is 30.7 Å². The average Bonchev–Trinajstić information content (AvgIpc) is 2.60. The first-order valence-corrected chi connectivity index (χ1v) is 8.37. The molecule has 1 aromatic carbocycles. The van der Waals surface area contributed by atoms with Crippen molar-refractivity contribution < 1.29 is 18.0 Å². The fourth-order valence-electron chi connectivity index (χ4n) is 2.32. The zero-order valence-electron chi connectivity index (χ0n) is 14.2. The number of pyridine rings is 1. The molecule has 2 rings (SSSR count). The molecule has 2 aromatic rings. The number of carbonyl (C=O) groups is 1. The van der Waals surface area contributed by atoms with Crippen LogP contribution in [-0.4, -0.2) is 35.9 Å². The van der Waals surface area contributed by atoms with Crippen LogP contribution in [0.15, 0.2) is 42.7 Å². The molecule has 0 saturated carbocycles. The molecule has 0 unspecified atom stereocenters. The van der Waals surface area contributed by atoms with Crippen molar-refractivity contribution in [3.05, 3.63) is 58.9 Å². The van der Waals surface area contributed by atoms with Crippen LogP contribution in [-0.2, 0) is 17.4 Å². The third kappa shape index (κ3) is 6.31. The van der Waals surface area contributed by atoms with Gasteiger partial charge in [-0.3, -0.25) is 9.78 Å². The number of rotatable bonds is 7. The lowest BCUT2D eigenvalue weighted by Gasteiger charge is -2.16. The van der Waals surface area contributed by atoms with Gasteiger partial charge in [0.05, 0.1) is 10.6 Å². The van der Waals surface area contributed by atoms with Crippen molar-refractivity contribution in [3.63, 3.8) is 0 Å². The van der Waals surface area contributed by atoms with Crippen LogP contribution in [0.25, 0.3) is 0 Å². The lowest BCUT2D eigenvalue weighted by Crippen LogP contribution is -2.26. The number of carbonyl (C=O) groups excluding carboxylic acids is 1. The monoisotopic (exact) mass is 385 g/mol. The van der Waals surface area contributed by atoms with E-state index in [4.69, 9.17) is 11.6 Å². The SMILES string of the molecule is CN(CCC(=O)Nc1ccc(Cl)c(C(F)(F)F)c1)CCc1ccncc1. The summed E-state index contributed by atoms with van der Waals surface area (Å²) < 4.78 is 38.5. The number of anilines is 1. The second-order valence-corrected chi connectivity index (χ2v) is 6.31. The van der Waals surface area contributed by atoms with Crippen LogP contribution < -0.4 is 5.32 Å². The maximum Gasteiger partial charge on any atom is 0.417 e. The lowest BCUT2D eigenvalue weighted by atomic mass is 10.2. The molecule has 0 spiro atoms. The minimum absolute atomic E-state index is 0.0752. The van der Waals surface area contributed by atoms with Gasteiger partial charge in [-0.2, -0.15) is 13.2 Å². The first-order valence-electron chi connectivity index (χ1n) is 8.00. The predicted molar refractivity (Wildman–Crippen MR) is 95.1 cm³/mol. The number of nitrogens with zero attached hydrogens (tertiary/aromatic N) is 2. The molecule has 8 heteroatoms. The molecule has 1 N–H and O–H groups in total. The van der Waals surface area contributed by atoms with Gasteiger partial charge >= 0.3 is 6.18 Å². The van der Waals surface area contributed by atoms with Crippen LogP contribution in [0, 0.1) is 0 Å². The minimum atomic E-state index is -4.56.